The summed E-state index contributed by atoms with van der Waals surface area (Å²) in [5, 5.41) is 0. The average Bonchev–Trinajstić information content (AvgIpc) is 1.85. The molecule has 11 heavy (non-hydrogen) atoms. The van der Waals surface area contributed by atoms with Crippen molar-refractivity contribution >= 4 is 17.4 Å². The van der Waals surface area contributed by atoms with Crippen LogP contribution >= 0.6 is 0 Å². The molecule has 0 aromatic heterocycles. The first-order valence-electron chi connectivity index (χ1n) is 3.17. The second-order valence-electron chi connectivity index (χ2n) is 2.32. The van der Waals surface area contributed by atoms with Crippen LogP contribution in [0.5, 0.6) is 0 Å². The molecule has 0 aromatic carbocycles. The van der Waals surface area contributed by atoms with Crippen molar-refractivity contribution in [2.45, 2.75) is 6.92 Å². The van der Waals surface area contributed by atoms with E-state index in [4.69, 9.17) is 5.73 Å². The zero-order valence-corrected chi connectivity index (χ0v) is 6.07. The van der Waals surface area contributed by atoms with Crippen molar-refractivity contribution in [1.29, 1.82) is 0 Å². The van der Waals surface area contributed by atoms with Crippen molar-refractivity contribution in [1.82, 2.24) is 0 Å². The van der Waals surface area contributed by atoms with Gasteiger partial charge in [-0.2, -0.15) is 0 Å². The van der Waals surface area contributed by atoms with E-state index in [1.807, 2.05) is 0 Å². The van der Waals surface area contributed by atoms with Gasteiger partial charge in [0.25, 0.3) is 0 Å². The van der Waals surface area contributed by atoms with Gasteiger partial charge in [-0.3, -0.25) is 14.6 Å². The van der Waals surface area contributed by atoms with Crippen LogP contribution in [0.2, 0.25) is 0 Å². The van der Waals surface area contributed by atoms with Crippen molar-refractivity contribution in [3.63, 3.8) is 0 Å². The normalized spacial score (nSPS) is 23.2. The smallest absolute Gasteiger partial charge is 0.234 e. The molecule has 1 rings (SSSR count). The van der Waals surface area contributed by atoms with Gasteiger partial charge in [0, 0.05) is 18.0 Å². The number of rotatable bonds is 1. The van der Waals surface area contributed by atoms with Gasteiger partial charge < -0.3 is 5.73 Å². The Hall–Kier alpha value is -1.45. The molecule has 0 saturated carbocycles. The van der Waals surface area contributed by atoms with Crippen LogP contribution in [0.15, 0.2) is 17.3 Å². The summed E-state index contributed by atoms with van der Waals surface area (Å²) in [4.78, 5) is 25.4. The predicted octanol–water partition coefficient (Wildman–Crippen LogP) is -0.355. The molecule has 0 spiro atoms. The van der Waals surface area contributed by atoms with E-state index in [0.29, 0.717) is 5.71 Å². The fraction of sp³-hybridized carbons (Fsp3) is 0.286. The van der Waals surface area contributed by atoms with Crippen LogP contribution < -0.4 is 5.73 Å². The van der Waals surface area contributed by atoms with Crippen LogP contribution in [0, 0.1) is 5.92 Å². The number of hydrogen-bond donors (Lipinski definition) is 1. The van der Waals surface area contributed by atoms with Gasteiger partial charge in [-0.1, -0.05) is 0 Å². The molecule has 1 atom stereocenters. The SMILES string of the molecule is CC1=NC=CC(=O)C1C(N)=O. The van der Waals surface area contributed by atoms with Crippen LogP contribution in [0.25, 0.3) is 0 Å². The van der Waals surface area contributed by atoms with Gasteiger partial charge in [-0.15, -0.1) is 0 Å². The minimum Gasteiger partial charge on any atom is -0.369 e. The lowest BCUT2D eigenvalue weighted by atomic mass is 9.97. The van der Waals surface area contributed by atoms with E-state index in [1.54, 1.807) is 6.92 Å². The Labute approximate surface area is 63.8 Å². The fourth-order valence-electron chi connectivity index (χ4n) is 0.951. The summed E-state index contributed by atoms with van der Waals surface area (Å²) in [5.41, 5.74) is 5.44. The number of amides is 1. The quantitative estimate of drug-likeness (QED) is 0.521. The largest absolute Gasteiger partial charge is 0.369 e. The van der Waals surface area contributed by atoms with Gasteiger partial charge in [0.15, 0.2) is 5.78 Å². The summed E-state index contributed by atoms with van der Waals surface area (Å²) in [7, 11) is 0. The van der Waals surface area contributed by atoms with Gasteiger partial charge in [0.05, 0.1) is 0 Å². The van der Waals surface area contributed by atoms with E-state index < -0.39 is 11.8 Å². The fourth-order valence-corrected chi connectivity index (χ4v) is 0.951. The minimum absolute atomic E-state index is 0.287. The van der Waals surface area contributed by atoms with Crippen molar-refractivity contribution in [2.75, 3.05) is 0 Å². The van der Waals surface area contributed by atoms with E-state index in [0.717, 1.165) is 0 Å². The monoisotopic (exact) mass is 152 g/mol. The van der Waals surface area contributed by atoms with Crippen molar-refractivity contribution < 1.29 is 9.59 Å². The van der Waals surface area contributed by atoms with E-state index in [2.05, 4.69) is 4.99 Å². The van der Waals surface area contributed by atoms with Gasteiger partial charge in [0.2, 0.25) is 5.91 Å². The van der Waals surface area contributed by atoms with E-state index >= 15 is 0 Å². The molecule has 4 heteroatoms. The molecule has 1 heterocycles. The zero-order valence-electron chi connectivity index (χ0n) is 6.07. The van der Waals surface area contributed by atoms with E-state index in [1.165, 1.54) is 12.3 Å². The second-order valence-corrected chi connectivity index (χ2v) is 2.32. The Kier molecular flexibility index (Phi) is 1.85. The van der Waals surface area contributed by atoms with Crippen LogP contribution in [0.3, 0.4) is 0 Å². The number of allylic oxidation sites excluding steroid dienone is 1. The second kappa shape index (κ2) is 2.65. The molecule has 0 aliphatic carbocycles. The van der Waals surface area contributed by atoms with Gasteiger partial charge in [-0.25, -0.2) is 0 Å². The predicted molar refractivity (Wildman–Crippen MR) is 39.9 cm³/mol. The Morgan fingerprint density at radius 1 is 1.73 bits per heavy atom. The molecule has 0 aromatic rings. The van der Waals surface area contributed by atoms with Crippen LogP contribution in [0.1, 0.15) is 6.92 Å². The van der Waals surface area contributed by atoms with Crippen molar-refractivity contribution in [3.05, 3.63) is 12.3 Å². The molecule has 1 amide bonds. The highest BCUT2D eigenvalue weighted by Gasteiger charge is 2.26. The third kappa shape index (κ3) is 1.34. The number of aliphatic imine (C=N–C) groups is 1. The molecule has 1 aliphatic heterocycles. The first kappa shape index (κ1) is 7.65. The number of primary amides is 1. The van der Waals surface area contributed by atoms with Gasteiger partial charge >= 0.3 is 0 Å². The molecule has 1 unspecified atom stereocenters. The minimum atomic E-state index is -0.847. The van der Waals surface area contributed by atoms with E-state index in [-0.39, 0.29) is 5.78 Å². The highest BCUT2D eigenvalue weighted by Crippen LogP contribution is 2.07. The first-order chi connectivity index (χ1) is 5.13. The molecule has 0 fully saturated rings. The third-order valence-corrected chi connectivity index (χ3v) is 1.50. The lowest BCUT2D eigenvalue weighted by Gasteiger charge is -2.11. The maximum Gasteiger partial charge on any atom is 0.234 e. The van der Waals surface area contributed by atoms with E-state index in [9.17, 15) is 9.59 Å². The molecular weight excluding hydrogens is 144 g/mol. The highest BCUT2D eigenvalue weighted by atomic mass is 16.2. The summed E-state index contributed by atoms with van der Waals surface area (Å²) >= 11 is 0. The molecule has 1 aliphatic rings. The van der Waals surface area contributed by atoms with Crippen molar-refractivity contribution in [3.8, 4) is 0 Å². The molecule has 0 bridgehead atoms. The first-order valence-corrected chi connectivity index (χ1v) is 3.17. The van der Waals surface area contributed by atoms with Crippen molar-refractivity contribution in [2.24, 2.45) is 16.6 Å². The Morgan fingerprint density at radius 2 is 2.36 bits per heavy atom. The molecule has 4 nitrogen and oxygen atoms in total. The van der Waals surface area contributed by atoms with Crippen LogP contribution in [0.4, 0.5) is 0 Å². The van der Waals surface area contributed by atoms with Crippen LogP contribution in [-0.4, -0.2) is 17.4 Å². The molecule has 0 saturated heterocycles. The molecule has 58 valence electrons. The number of hydrogen-bond acceptors (Lipinski definition) is 3. The standard InChI is InChI=1S/C7H8N2O2/c1-4-6(7(8)11)5(10)2-3-9-4/h2-3,6H,1H3,(H2,8,11). The topological polar surface area (TPSA) is 72.5 Å². The Bertz CT molecular complexity index is 266. The van der Waals surface area contributed by atoms with Crippen LogP contribution in [-0.2, 0) is 9.59 Å². The highest BCUT2D eigenvalue weighted by molar-refractivity contribution is 6.23. The lowest BCUT2D eigenvalue weighted by molar-refractivity contribution is -0.126. The maximum atomic E-state index is 11.0. The molecule has 0 radical (unpaired) electrons. The van der Waals surface area contributed by atoms with Gasteiger partial charge in [0.1, 0.15) is 5.92 Å². The lowest BCUT2D eigenvalue weighted by Crippen LogP contribution is -2.35. The summed E-state index contributed by atoms with van der Waals surface area (Å²) in [6.07, 6.45) is 2.62. The third-order valence-electron chi connectivity index (χ3n) is 1.50. The maximum absolute atomic E-state index is 11.0. The number of carbonyl (C=O) groups is 2. The molecular formula is C7H8N2O2. The number of carbonyl (C=O) groups excluding carboxylic acids is 2. The number of nitrogens with zero attached hydrogens (tertiary/aromatic N) is 1. The Morgan fingerprint density at radius 3 is 2.73 bits per heavy atom. The summed E-state index contributed by atoms with van der Waals surface area (Å²) in [5.74, 6) is -1.77. The Balaban J connectivity index is 2.95. The zero-order chi connectivity index (χ0) is 8.43. The average molecular weight is 152 g/mol. The van der Waals surface area contributed by atoms with Gasteiger partial charge in [-0.05, 0) is 6.92 Å². The summed E-state index contributed by atoms with van der Waals surface area (Å²) in [6.45, 7) is 1.61. The summed E-state index contributed by atoms with van der Waals surface area (Å²) in [6, 6.07) is 0. The number of nitrogens with two attached hydrogens (primary N) is 1. The molecule has 2 N–H and O–H groups in total. The number of ketones is 1. The summed E-state index contributed by atoms with van der Waals surface area (Å²) < 4.78 is 0.